The van der Waals surface area contributed by atoms with Crippen LogP contribution >= 0.6 is 11.3 Å². The molecule has 84 valence electrons. The topological polar surface area (TPSA) is 75.1 Å². The Balaban J connectivity index is 2.18. The van der Waals surface area contributed by atoms with Crippen molar-refractivity contribution in [3.8, 4) is 0 Å². The standard InChI is InChI=1S/C10H10N2O3S/c13-9(14)8-6-11-10(15)12(8)4-3-7-2-1-5-16-7/h1-2,5-6H,3-4H2,(H,11,15)(H,13,14). The van der Waals surface area contributed by atoms with E-state index >= 15 is 0 Å². The molecule has 0 radical (unpaired) electrons. The molecule has 0 atom stereocenters. The highest BCUT2D eigenvalue weighted by Gasteiger charge is 2.12. The van der Waals surface area contributed by atoms with Gasteiger partial charge in [-0.2, -0.15) is 0 Å². The number of aryl methyl sites for hydroxylation is 1. The Hall–Kier alpha value is -1.82. The van der Waals surface area contributed by atoms with Crippen molar-refractivity contribution in [3.05, 3.63) is 44.8 Å². The number of carboxylic acid groups (broad SMARTS) is 1. The number of nitrogens with one attached hydrogen (secondary N) is 1. The lowest BCUT2D eigenvalue weighted by Gasteiger charge is -2.02. The second-order valence-corrected chi connectivity index (χ2v) is 4.30. The fourth-order valence-corrected chi connectivity index (χ4v) is 2.17. The first-order chi connectivity index (χ1) is 7.68. The smallest absolute Gasteiger partial charge is 0.354 e. The van der Waals surface area contributed by atoms with Crippen LogP contribution in [-0.4, -0.2) is 20.6 Å². The summed E-state index contributed by atoms with van der Waals surface area (Å²) in [5, 5.41) is 10.8. The third kappa shape index (κ3) is 2.06. The highest BCUT2D eigenvalue weighted by atomic mass is 32.1. The molecule has 0 saturated carbocycles. The molecular weight excluding hydrogens is 228 g/mol. The molecule has 0 aliphatic heterocycles. The van der Waals surface area contributed by atoms with E-state index in [1.54, 1.807) is 11.3 Å². The average Bonchev–Trinajstić information content (AvgIpc) is 2.84. The Morgan fingerprint density at radius 1 is 1.56 bits per heavy atom. The van der Waals surface area contributed by atoms with Crippen LogP contribution in [0.2, 0.25) is 0 Å². The van der Waals surface area contributed by atoms with E-state index in [0.717, 1.165) is 4.88 Å². The van der Waals surface area contributed by atoms with Gasteiger partial charge < -0.3 is 10.1 Å². The molecule has 0 aliphatic rings. The number of aromatic carboxylic acids is 1. The van der Waals surface area contributed by atoms with Crippen molar-refractivity contribution in [2.24, 2.45) is 0 Å². The summed E-state index contributed by atoms with van der Waals surface area (Å²) in [6, 6.07) is 3.89. The van der Waals surface area contributed by atoms with Gasteiger partial charge in [-0.05, 0) is 17.9 Å². The molecular formula is C10H10N2O3S. The fraction of sp³-hybridized carbons (Fsp3) is 0.200. The molecule has 0 fully saturated rings. The monoisotopic (exact) mass is 238 g/mol. The molecule has 0 saturated heterocycles. The maximum absolute atomic E-state index is 11.4. The second-order valence-electron chi connectivity index (χ2n) is 3.27. The SMILES string of the molecule is O=C(O)c1c[nH]c(=O)n1CCc1cccs1. The quantitative estimate of drug-likeness (QED) is 0.839. The first-order valence-corrected chi connectivity index (χ1v) is 5.60. The number of carbonyl (C=O) groups is 1. The summed E-state index contributed by atoms with van der Waals surface area (Å²) in [5.74, 6) is -1.09. The van der Waals surface area contributed by atoms with E-state index in [4.69, 9.17) is 5.11 Å². The van der Waals surface area contributed by atoms with Crippen LogP contribution in [-0.2, 0) is 13.0 Å². The molecule has 2 aromatic heterocycles. The van der Waals surface area contributed by atoms with Crippen molar-refractivity contribution in [3.63, 3.8) is 0 Å². The summed E-state index contributed by atoms with van der Waals surface area (Å²) >= 11 is 1.59. The van der Waals surface area contributed by atoms with Crippen LogP contribution in [0.3, 0.4) is 0 Å². The van der Waals surface area contributed by atoms with E-state index in [0.29, 0.717) is 13.0 Å². The number of hydrogen-bond acceptors (Lipinski definition) is 3. The molecule has 0 amide bonds. The van der Waals surface area contributed by atoms with Gasteiger partial charge in [0.1, 0.15) is 5.69 Å². The first kappa shape index (κ1) is 10.7. The highest BCUT2D eigenvalue weighted by molar-refractivity contribution is 7.09. The maximum Gasteiger partial charge on any atom is 0.354 e. The molecule has 2 aromatic rings. The van der Waals surface area contributed by atoms with Gasteiger partial charge in [-0.3, -0.25) is 4.57 Å². The normalized spacial score (nSPS) is 10.5. The first-order valence-electron chi connectivity index (χ1n) is 4.72. The molecule has 0 aromatic carbocycles. The van der Waals surface area contributed by atoms with Crippen LogP contribution in [0, 0.1) is 0 Å². The average molecular weight is 238 g/mol. The Kier molecular flexibility index (Phi) is 2.91. The molecule has 2 N–H and O–H groups in total. The molecule has 0 spiro atoms. The lowest BCUT2D eigenvalue weighted by atomic mass is 10.3. The zero-order chi connectivity index (χ0) is 11.5. The van der Waals surface area contributed by atoms with Crippen molar-refractivity contribution in [1.29, 1.82) is 0 Å². The number of imidazole rings is 1. The Morgan fingerprint density at radius 3 is 3.00 bits per heavy atom. The molecule has 0 aliphatic carbocycles. The summed E-state index contributed by atoms with van der Waals surface area (Å²) < 4.78 is 1.24. The minimum absolute atomic E-state index is 0.00144. The van der Waals surface area contributed by atoms with Crippen molar-refractivity contribution >= 4 is 17.3 Å². The number of nitrogens with zero attached hydrogens (tertiary/aromatic N) is 1. The van der Waals surface area contributed by atoms with Gasteiger partial charge in [-0.25, -0.2) is 9.59 Å². The van der Waals surface area contributed by atoms with Crippen LogP contribution in [0.5, 0.6) is 0 Å². The Labute approximate surface area is 95.0 Å². The maximum atomic E-state index is 11.4. The van der Waals surface area contributed by atoms with Crippen molar-refractivity contribution in [2.45, 2.75) is 13.0 Å². The number of H-pyrrole nitrogens is 1. The van der Waals surface area contributed by atoms with E-state index in [1.807, 2.05) is 17.5 Å². The van der Waals surface area contributed by atoms with Crippen LogP contribution in [0.1, 0.15) is 15.4 Å². The van der Waals surface area contributed by atoms with E-state index in [1.165, 1.54) is 10.8 Å². The summed E-state index contributed by atoms with van der Waals surface area (Å²) in [7, 11) is 0. The summed E-state index contributed by atoms with van der Waals surface area (Å²) in [5.41, 5.74) is -0.379. The van der Waals surface area contributed by atoms with E-state index in [2.05, 4.69) is 4.98 Å². The number of aromatic amines is 1. The molecule has 2 rings (SSSR count). The van der Waals surface area contributed by atoms with Crippen molar-refractivity contribution < 1.29 is 9.90 Å². The van der Waals surface area contributed by atoms with Crippen molar-refractivity contribution in [2.75, 3.05) is 0 Å². The lowest BCUT2D eigenvalue weighted by Crippen LogP contribution is -2.21. The minimum Gasteiger partial charge on any atom is -0.477 e. The van der Waals surface area contributed by atoms with E-state index < -0.39 is 5.97 Å². The fourth-order valence-electron chi connectivity index (χ4n) is 1.47. The van der Waals surface area contributed by atoms with Gasteiger partial charge in [0.2, 0.25) is 0 Å². The summed E-state index contributed by atoms with van der Waals surface area (Å²) in [4.78, 5) is 25.7. The zero-order valence-electron chi connectivity index (χ0n) is 8.34. The van der Waals surface area contributed by atoms with Crippen LogP contribution in [0.25, 0.3) is 0 Å². The number of rotatable bonds is 4. The summed E-state index contributed by atoms with van der Waals surface area (Å²) in [6.45, 7) is 0.379. The predicted octanol–water partition coefficient (Wildman–Crippen LogP) is 1.18. The highest BCUT2D eigenvalue weighted by Crippen LogP contribution is 2.10. The van der Waals surface area contributed by atoms with Gasteiger partial charge >= 0.3 is 11.7 Å². The predicted molar refractivity (Wildman–Crippen MR) is 60.0 cm³/mol. The molecule has 5 nitrogen and oxygen atoms in total. The minimum atomic E-state index is -1.09. The van der Waals surface area contributed by atoms with Gasteiger partial charge in [0, 0.05) is 17.6 Å². The third-order valence-electron chi connectivity index (χ3n) is 2.25. The van der Waals surface area contributed by atoms with Gasteiger partial charge in [0.25, 0.3) is 0 Å². The number of carboxylic acids is 1. The Bertz CT molecular complexity index is 539. The van der Waals surface area contributed by atoms with Gasteiger partial charge in [0.15, 0.2) is 0 Å². The molecule has 0 bridgehead atoms. The second kappa shape index (κ2) is 4.36. The van der Waals surface area contributed by atoms with E-state index in [-0.39, 0.29) is 11.4 Å². The third-order valence-corrected chi connectivity index (χ3v) is 3.19. The van der Waals surface area contributed by atoms with Gasteiger partial charge in [0.05, 0.1) is 0 Å². The molecule has 16 heavy (non-hydrogen) atoms. The van der Waals surface area contributed by atoms with Crippen LogP contribution in [0.15, 0.2) is 28.5 Å². The van der Waals surface area contributed by atoms with Gasteiger partial charge in [-0.15, -0.1) is 11.3 Å². The number of thiophene rings is 1. The molecule has 0 unspecified atom stereocenters. The Morgan fingerprint density at radius 2 is 2.38 bits per heavy atom. The van der Waals surface area contributed by atoms with Crippen molar-refractivity contribution in [1.82, 2.24) is 9.55 Å². The van der Waals surface area contributed by atoms with Crippen LogP contribution in [0.4, 0.5) is 0 Å². The molecule has 2 heterocycles. The number of hydrogen-bond donors (Lipinski definition) is 2. The lowest BCUT2D eigenvalue weighted by molar-refractivity contribution is 0.0684. The van der Waals surface area contributed by atoms with Crippen LogP contribution < -0.4 is 5.69 Å². The number of aromatic nitrogens is 2. The zero-order valence-corrected chi connectivity index (χ0v) is 9.16. The largest absolute Gasteiger partial charge is 0.477 e. The summed E-state index contributed by atoms with van der Waals surface area (Å²) in [6.07, 6.45) is 1.88. The van der Waals surface area contributed by atoms with E-state index in [9.17, 15) is 9.59 Å². The molecule has 6 heteroatoms. The van der Waals surface area contributed by atoms with Gasteiger partial charge in [-0.1, -0.05) is 6.07 Å².